The fraction of sp³-hybridized carbons (Fsp3) is 0.300. The number of ether oxygens (including phenoxy) is 1. The van der Waals surface area contributed by atoms with E-state index in [4.69, 9.17) is 21.5 Å². The van der Waals surface area contributed by atoms with Crippen molar-refractivity contribution in [3.05, 3.63) is 58.8 Å². The lowest BCUT2D eigenvalue weighted by atomic mass is 10.2. The second-order valence-electron chi connectivity index (χ2n) is 6.62. The number of hydroxylamine groups is 1. The molecule has 0 unspecified atom stereocenters. The van der Waals surface area contributed by atoms with Crippen LogP contribution in [0.4, 0.5) is 5.82 Å². The fourth-order valence-corrected chi connectivity index (χ4v) is 3.37. The van der Waals surface area contributed by atoms with Crippen LogP contribution >= 0.6 is 36.4 Å². The van der Waals surface area contributed by atoms with E-state index in [-0.39, 0.29) is 30.9 Å². The highest BCUT2D eigenvalue weighted by Crippen LogP contribution is 2.24. The number of carbonyl (C=O) groups is 1. The summed E-state index contributed by atoms with van der Waals surface area (Å²) in [5, 5.41) is 12.4. The zero-order chi connectivity index (χ0) is 19.9. The van der Waals surface area contributed by atoms with Crippen molar-refractivity contribution >= 4 is 54.2 Å². The summed E-state index contributed by atoms with van der Waals surface area (Å²) in [7, 11) is 1.67. The molecular formula is C20H25Cl3N4O3. The Hall–Kier alpha value is -2.03. The Labute approximate surface area is 193 Å². The highest BCUT2D eigenvalue weighted by atomic mass is 35.5. The van der Waals surface area contributed by atoms with Crippen LogP contribution in [-0.2, 0) is 11.3 Å². The number of likely N-dealkylation sites (tertiary alicyclic amines) is 1. The summed E-state index contributed by atoms with van der Waals surface area (Å²) in [4.78, 5) is 17.8. The second-order valence-corrected chi connectivity index (χ2v) is 7.03. The van der Waals surface area contributed by atoms with Gasteiger partial charge in [0, 0.05) is 37.9 Å². The van der Waals surface area contributed by atoms with E-state index in [0.29, 0.717) is 16.4 Å². The maximum atomic E-state index is 11.0. The van der Waals surface area contributed by atoms with Crippen molar-refractivity contribution in [1.29, 1.82) is 0 Å². The van der Waals surface area contributed by atoms with Crippen molar-refractivity contribution < 1.29 is 14.7 Å². The minimum absolute atomic E-state index is 0. The molecule has 0 bridgehead atoms. The van der Waals surface area contributed by atoms with Gasteiger partial charge in [0.25, 0.3) is 5.91 Å². The summed E-state index contributed by atoms with van der Waals surface area (Å²) >= 11 is 6.32. The first-order chi connectivity index (χ1) is 13.6. The smallest absolute Gasteiger partial charge is 0.267 e. The summed E-state index contributed by atoms with van der Waals surface area (Å²) in [6, 6.07) is 10.1. The molecule has 2 aromatic rings. The Morgan fingerprint density at radius 2 is 2.10 bits per heavy atom. The molecule has 1 amide bonds. The SMILES string of the molecule is COc1ccc(CN2CC[C@@H](Nc3ncc(C=CC(=O)NO)cc3Cl)C2)cc1.Cl.Cl. The van der Waals surface area contributed by atoms with Gasteiger partial charge in [-0.2, -0.15) is 0 Å². The van der Waals surface area contributed by atoms with E-state index in [1.54, 1.807) is 19.4 Å². The average Bonchev–Trinajstić information content (AvgIpc) is 3.15. The molecule has 1 aliphatic rings. The predicted octanol–water partition coefficient (Wildman–Crippen LogP) is 3.79. The molecule has 0 radical (unpaired) electrons. The lowest BCUT2D eigenvalue weighted by molar-refractivity contribution is -0.124. The average molecular weight is 476 g/mol. The Kier molecular flexibility index (Phi) is 10.9. The first kappa shape index (κ1) is 26.0. The van der Waals surface area contributed by atoms with Crippen molar-refractivity contribution in [2.45, 2.75) is 19.0 Å². The minimum Gasteiger partial charge on any atom is -0.497 e. The van der Waals surface area contributed by atoms with Gasteiger partial charge in [0.2, 0.25) is 0 Å². The third kappa shape index (κ3) is 7.34. The Morgan fingerprint density at radius 1 is 1.37 bits per heavy atom. The highest BCUT2D eigenvalue weighted by Gasteiger charge is 2.23. The van der Waals surface area contributed by atoms with E-state index >= 15 is 0 Å². The molecule has 1 aromatic heterocycles. The van der Waals surface area contributed by atoms with E-state index in [0.717, 1.165) is 31.8 Å². The standard InChI is InChI=1S/C20H23ClN4O3.2ClH/c1-28-17-5-2-14(3-6-17)12-25-9-8-16(13-25)23-20-18(21)10-15(11-22-20)4-7-19(26)24-27;;/h2-7,10-11,16,27H,8-9,12-13H2,1H3,(H,22,23)(H,24,26);2*1H/t16-;;/m1../s1. The molecule has 0 spiro atoms. The molecule has 0 aliphatic carbocycles. The van der Waals surface area contributed by atoms with E-state index in [1.807, 2.05) is 12.1 Å². The molecule has 164 valence electrons. The van der Waals surface area contributed by atoms with E-state index in [9.17, 15) is 4.79 Å². The number of halogens is 3. The summed E-state index contributed by atoms with van der Waals surface area (Å²) in [6.07, 6.45) is 5.36. The van der Waals surface area contributed by atoms with E-state index in [2.05, 4.69) is 27.3 Å². The van der Waals surface area contributed by atoms with Crippen molar-refractivity contribution in [2.24, 2.45) is 0 Å². The number of nitrogens with one attached hydrogen (secondary N) is 2. The van der Waals surface area contributed by atoms with Crippen molar-refractivity contribution in [3.63, 3.8) is 0 Å². The maximum absolute atomic E-state index is 11.0. The molecule has 2 heterocycles. The van der Waals surface area contributed by atoms with E-state index in [1.165, 1.54) is 23.2 Å². The lowest BCUT2D eigenvalue weighted by Gasteiger charge is -2.18. The van der Waals surface area contributed by atoms with Crippen LogP contribution < -0.4 is 15.5 Å². The van der Waals surface area contributed by atoms with Crippen LogP contribution in [-0.4, -0.2) is 47.2 Å². The third-order valence-electron chi connectivity index (χ3n) is 4.58. The number of carbonyl (C=O) groups excluding carboxylic acids is 1. The molecule has 0 saturated carbocycles. The molecule has 1 atom stereocenters. The van der Waals surface area contributed by atoms with Crippen LogP contribution in [0.1, 0.15) is 17.5 Å². The molecule has 3 N–H and O–H groups in total. The zero-order valence-electron chi connectivity index (χ0n) is 16.4. The largest absolute Gasteiger partial charge is 0.497 e. The van der Waals surface area contributed by atoms with Gasteiger partial charge in [-0.15, -0.1) is 24.8 Å². The van der Waals surface area contributed by atoms with E-state index < -0.39 is 5.91 Å². The number of pyridine rings is 1. The monoisotopic (exact) mass is 474 g/mol. The predicted molar refractivity (Wildman–Crippen MR) is 123 cm³/mol. The molecule has 30 heavy (non-hydrogen) atoms. The van der Waals surface area contributed by atoms with Gasteiger partial charge in [-0.25, -0.2) is 10.5 Å². The quantitative estimate of drug-likeness (QED) is 0.321. The van der Waals surface area contributed by atoms with Crippen LogP contribution in [0.3, 0.4) is 0 Å². The molecule has 1 saturated heterocycles. The van der Waals surface area contributed by atoms with Crippen LogP contribution in [0.2, 0.25) is 5.02 Å². The number of nitrogens with zero attached hydrogens (tertiary/aromatic N) is 2. The molecule has 3 rings (SSSR count). The van der Waals surface area contributed by atoms with Gasteiger partial charge in [-0.05, 0) is 41.8 Å². The number of benzene rings is 1. The lowest BCUT2D eigenvalue weighted by Crippen LogP contribution is -2.26. The van der Waals surface area contributed by atoms with Gasteiger partial charge in [0.15, 0.2) is 0 Å². The summed E-state index contributed by atoms with van der Waals surface area (Å²) in [5.74, 6) is 0.878. The molecule has 7 nitrogen and oxygen atoms in total. The number of rotatable bonds is 7. The molecule has 1 aromatic carbocycles. The van der Waals surface area contributed by atoms with Gasteiger partial charge in [-0.1, -0.05) is 23.7 Å². The first-order valence-electron chi connectivity index (χ1n) is 8.97. The number of hydrogen-bond acceptors (Lipinski definition) is 6. The highest BCUT2D eigenvalue weighted by molar-refractivity contribution is 6.33. The maximum Gasteiger partial charge on any atom is 0.267 e. The molecule has 1 aliphatic heterocycles. The van der Waals surface area contributed by atoms with Gasteiger partial charge < -0.3 is 10.1 Å². The number of methoxy groups -OCH3 is 1. The van der Waals surface area contributed by atoms with Gasteiger partial charge in [-0.3, -0.25) is 14.9 Å². The summed E-state index contributed by atoms with van der Waals surface area (Å²) in [6.45, 7) is 2.79. The van der Waals surface area contributed by atoms with Crippen LogP contribution in [0, 0.1) is 0 Å². The van der Waals surface area contributed by atoms with Crippen LogP contribution in [0.15, 0.2) is 42.6 Å². The number of hydrogen-bond donors (Lipinski definition) is 3. The third-order valence-corrected chi connectivity index (χ3v) is 4.87. The van der Waals surface area contributed by atoms with Gasteiger partial charge in [0.05, 0.1) is 12.1 Å². The van der Waals surface area contributed by atoms with Crippen LogP contribution in [0.25, 0.3) is 6.08 Å². The Bertz CT molecular complexity index is 850. The van der Waals surface area contributed by atoms with Crippen LogP contribution in [0.5, 0.6) is 5.75 Å². The Morgan fingerprint density at radius 3 is 2.73 bits per heavy atom. The second kappa shape index (κ2) is 12.6. The van der Waals surface area contributed by atoms with Crippen molar-refractivity contribution in [2.75, 3.05) is 25.5 Å². The Balaban J connectivity index is 0.00000225. The fourth-order valence-electron chi connectivity index (χ4n) is 3.14. The van der Waals surface area contributed by atoms with Gasteiger partial charge in [0.1, 0.15) is 11.6 Å². The molecule has 1 fully saturated rings. The zero-order valence-corrected chi connectivity index (χ0v) is 18.8. The van der Waals surface area contributed by atoms with Crippen molar-refractivity contribution in [3.8, 4) is 5.75 Å². The minimum atomic E-state index is -0.610. The summed E-state index contributed by atoms with van der Waals surface area (Å²) in [5.41, 5.74) is 3.46. The molecular weight excluding hydrogens is 451 g/mol. The van der Waals surface area contributed by atoms with Crippen molar-refractivity contribution in [1.82, 2.24) is 15.4 Å². The first-order valence-corrected chi connectivity index (χ1v) is 9.34. The molecule has 10 heteroatoms. The number of anilines is 1. The van der Waals surface area contributed by atoms with Gasteiger partial charge >= 0.3 is 0 Å². The number of amides is 1. The normalized spacial score (nSPS) is 15.9. The summed E-state index contributed by atoms with van der Waals surface area (Å²) < 4.78 is 5.20. The topological polar surface area (TPSA) is 86.7 Å². The number of aromatic nitrogens is 1.